The van der Waals surface area contributed by atoms with Crippen LogP contribution in [0.2, 0.25) is 0 Å². The minimum absolute atomic E-state index is 0.262. The number of carboxylic acids is 1. The van der Waals surface area contributed by atoms with Gasteiger partial charge in [0.2, 0.25) is 0 Å². The third kappa shape index (κ3) is 7.32. The van der Waals surface area contributed by atoms with Gasteiger partial charge in [0.05, 0.1) is 25.2 Å². The third-order valence-electron chi connectivity index (χ3n) is 1.11. The number of carbonyl (C=O) groups is 1. The van der Waals surface area contributed by atoms with E-state index in [2.05, 4.69) is 11.3 Å². The van der Waals surface area contributed by atoms with Crippen LogP contribution in [0.5, 0.6) is 0 Å². The summed E-state index contributed by atoms with van der Waals surface area (Å²) in [5.74, 6) is -1.27. The maximum atomic E-state index is 11.5. The van der Waals surface area contributed by atoms with Crippen molar-refractivity contribution in [3.05, 3.63) is 12.2 Å². The number of hydrogen-bond acceptors (Lipinski definition) is 2. The highest BCUT2D eigenvalue weighted by molar-refractivity contribution is 5.85. The molecule has 0 aromatic carbocycles. The van der Waals surface area contributed by atoms with Crippen molar-refractivity contribution in [2.45, 2.75) is 12.6 Å². The molecule has 0 saturated carbocycles. The zero-order valence-electron chi connectivity index (χ0n) is 6.73. The Morgan fingerprint density at radius 2 is 2.00 bits per heavy atom. The second kappa shape index (κ2) is 4.86. The van der Waals surface area contributed by atoms with Crippen molar-refractivity contribution in [2.24, 2.45) is 0 Å². The first-order chi connectivity index (χ1) is 5.83. The Bertz CT molecular complexity index is 198. The van der Waals surface area contributed by atoms with E-state index in [4.69, 9.17) is 5.11 Å². The summed E-state index contributed by atoms with van der Waals surface area (Å²) in [5, 5.41) is 8.24. The van der Waals surface area contributed by atoms with Crippen LogP contribution in [0.1, 0.15) is 6.42 Å². The highest BCUT2D eigenvalue weighted by Gasteiger charge is 2.26. The van der Waals surface area contributed by atoms with Gasteiger partial charge in [0.25, 0.3) is 0 Å². The summed E-state index contributed by atoms with van der Waals surface area (Å²) >= 11 is 0. The number of aliphatic carboxylic acids is 1. The molecule has 0 heterocycles. The van der Waals surface area contributed by atoms with Crippen molar-refractivity contribution in [3.63, 3.8) is 0 Å². The molecule has 0 radical (unpaired) electrons. The van der Waals surface area contributed by atoms with Crippen molar-refractivity contribution in [1.29, 1.82) is 0 Å². The largest absolute Gasteiger partial charge is 0.478 e. The molecule has 6 heteroatoms. The lowest BCUT2D eigenvalue weighted by Gasteiger charge is -2.06. The number of rotatable bonds is 5. The molecular weight excluding hydrogens is 189 g/mol. The standard InChI is InChI=1S/C7H9F3O3/c1-5(6(11)12)4-13-3-2-7(8,9)10/h1-4H2,(H,11,12). The maximum absolute atomic E-state index is 11.5. The summed E-state index contributed by atoms with van der Waals surface area (Å²) in [6, 6.07) is 0. The van der Waals surface area contributed by atoms with Crippen LogP contribution in [-0.2, 0) is 9.53 Å². The van der Waals surface area contributed by atoms with Gasteiger partial charge in [-0.25, -0.2) is 4.79 Å². The molecule has 0 bridgehead atoms. The predicted molar refractivity (Wildman–Crippen MR) is 38.3 cm³/mol. The molecule has 0 aromatic heterocycles. The van der Waals surface area contributed by atoms with E-state index >= 15 is 0 Å². The Kier molecular flexibility index (Phi) is 4.47. The molecule has 76 valence electrons. The second-order valence-corrected chi connectivity index (χ2v) is 2.33. The van der Waals surface area contributed by atoms with Gasteiger partial charge in [-0.3, -0.25) is 0 Å². The van der Waals surface area contributed by atoms with Gasteiger partial charge in [0.1, 0.15) is 0 Å². The molecule has 0 aliphatic heterocycles. The summed E-state index contributed by atoms with van der Waals surface area (Å²) in [5.41, 5.74) is -0.262. The number of ether oxygens (including phenoxy) is 1. The van der Waals surface area contributed by atoms with Crippen LogP contribution in [-0.4, -0.2) is 30.5 Å². The van der Waals surface area contributed by atoms with Crippen molar-refractivity contribution < 1.29 is 27.8 Å². The van der Waals surface area contributed by atoms with Crippen LogP contribution in [0.3, 0.4) is 0 Å². The van der Waals surface area contributed by atoms with E-state index in [9.17, 15) is 18.0 Å². The normalized spacial score (nSPS) is 11.3. The quantitative estimate of drug-likeness (QED) is 0.539. The molecule has 13 heavy (non-hydrogen) atoms. The van der Waals surface area contributed by atoms with Crippen LogP contribution in [0.15, 0.2) is 12.2 Å². The first-order valence-electron chi connectivity index (χ1n) is 3.38. The monoisotopic (exact) mass is 198 g/mol. The van der Waals surface area contributed by atoms with Crippen LogP contribution >= 0.6 is 0 Å². The SMILES string of the molecule is C=C(COCCC(F)(F)F)C(=O)O. The van der Waals surface area contributed by atoms with Crippen LogP contribution < -0.4 is 0 Å². The third-order valence-corrected chi connectivity index (χ3v) is 1.11. The number of halogens is 3. The van der Waals surface area contributed by atoms with Crippen LogP contribution in [0.25, 0.3) is 0 Å². The van der Waals surface area contributed by atoms with Gasteiger partial charge in [-0.05, 0) is 0 Å². The Labute approximate surface area is 72.8 Å². The van der Waals surface area contributed by atoms with Gasteiger partial charge < -0.3 is 9.84 Å². The van der Waals surface area contributed by atoms with Crippen molar-refractivity contribution in [3.8, 4) is 0 Å². The molecule has 3 nitrogen and oxygen atoms in total. The lowest BCUT2D eigenvalue weighted by atomic mass is 10.3. The molecule has 0 spiro atoms. The number of hydrogen-bond donors (Lipinski definition) is 1. The molecule has 0 aliphatic carbocycles. The van der Waals surface area contributed by atoms with Gasteiger partial charge in [0, 0.05) is 0 Å². The summed E-state index contributed by atoms with van der Waals surface area (Å²) < 4.78 is 39.0. The average Bonchev–Trinajstić information content (AvgIpc) is 1.95. The first-order valence-corrected chi connectivity index (χ1v) is 3.38. The fourth-order valence-corrected chi connectivity index (χ4v) is 0.445. The fourth-order valence-electron chi connectivity index (χ4n) is 0.445. The van der Waals surface area contributed by atoms with Gasteiger partial charge in [-0.15, -0.1) is 0 Å². The Morgan fingerprint density at radius 3 is 2.38 bits per heavy atom. The first kappa shape index (κ1) is 12.0. The Hall–Kier alpha value is -1.04. The van der Waals surface area contributed by atoms with Crippen molar-refractivity contribution >= 4 is 5.97 Å². The van der Waals surface area contributed by atoms with E-state index in [0.717, 1.165) is 0 Å². The molecule has 0 rings (SSSR count). The predicted octanol–water partition coefficient (Wildman–Crippen LogP) is 1.60. The number of alkyl halides is 3. The molecule has 0 atom stereocenters. The topological polar surface area (TPSA) is 46.5 Å². The van der Waals surface area contributed by atoms with Crippen LogP contribution in [0, 0.1) is 0 Å². The van der Waals surface area contributed by atoms with Gasteiger partial charge in [-0.1, -0.05) is 6.58 Å². The van der Waals surface area contributed by atoms with Crippen molar-refractivity contribution in [2.75, 3.05) is 13.2 Å². The molecule has 0 fully saturated rings. The van der Waals surface area contributed by atoms with Crippen LogP contribution in [0.4, 0.5) is 13.2 Å². The molecule has 0 unspecified atom stereocenters. The minimum Gasteiger partial charge on any atom is -0.478 e. The highest BCUT2D eigenvalue weighted by Crippen LogP contribution is 2.18. The fraction of sp³-hybridized carbons (Fsp3) is 0.571. The zero-order chi connectivity index (χ0) is 10.5. The van der Waals surface area contributed by atoms with Gasteiger partial charge in [0.15, 0.2) is 0 Å². The molecule has 0 aliphatic rings. The maximum Gasteiger partial charge on any atom is 0.391 e. The summed E-state index contributed by atoms with van der Waals surface area (Å²) in [6.45, 7) is 2.15. The minimum atomic E-state index is -4.27. The summed E-state index contributed by atoms with van der Waals surface area (Å²) in [4.78, 5) is 10.1. The van der Waals surface area contributed by atoms with Crippen molar-refractivity contribution in [1.82, 2.24) is 0 Å². The molecule has 0 aromatic rings. The highest BCUT2D eigenvalue weighted by atomic mass is 19.4. The molecular formula is C7H9F3O3. The Morgan fingerprint density at radius 1 is 1.46 bits per heavy atom. The second-order valence-electron chi connectivity index (χ2n) is 2.33. The smallest absolute Gasteiger partial charge is 0.391 e. The van der Waals surface area contributed by atoms with E-state index in [1.165, 1.54) is 0 Å². The van der Waals surface area contributed by atoms with E-state index < -0.39 is 25.2 Å². The van der Waals surface area contributed by atoms with E-state index in [0.29, 0.717) is 0 Å². The van der Waals surface area contributed by atoms with E-state index in [-0.39, 0.29) is 12.2 Å². The zero-order valence-corrected chi connectivity index (χ0v) is 6.73. The van der Waals surface area contributed by atoms with Gasteiger partial charge >= 0.3 is 12.1 Å². The van der Waals surface area contributed by atoms with E-state index in [1.807, 2.05) is 0 Å². The summed E-state index contributed by atoms with van der Waals surface area (Å²) in [7, 11) is 0. The van der Waals surface area contributed by atoms with Gasteiger partial charge in [-0.2, -0.15) is 13.2 Å². The lowest BCUT2D eigenvalue weighted by Crippen LogP contribution is -2.14. The molecule has 1 N–H and O–H groups in total. The lowest BCUT2D eigenvalue weighted by molar-refractivity contribution is -0.144. The molecule has 0 saturated heterocycles. The summed E-state index contributed by atoms with van der Waals surface area (Å²) in [6.07, 6.45) is -5.36. The number of carboxylic acid groups (broad SMARTS) is 1. The van der Waals surface area contributed by atoms with E-state index in [1.54, 1.807) is 0 Å². The Balaban J connectivity index is 3.47. The average molecular weight is 198 g/mol. The molecule has 0 amide bonds.